The van der Waals surface area contributed by atoms with E-state index >= 15 is 0 Å². The lowest BCUT2D eigenvalue weighted by Gasteiger charge is -2.19. The van der Waals surface area contributed by atoms with Crippen LogP contribution in [0.1, 0.15) is 64.9 Å². The number of amides is 1. The average molecular weight is 493 g/mol. The normalized spacial score (nSPS) is 13.9. The summed E-state index contributed by atoms with van der Waals surface area (Å²) in [5.74, 6) is 6.42. The molecule has 37 heavy (non-hydrogen) atoms. The zero-order chi connectivity index (χ0) is 25.7. The molecule has 4 aromatic heterocycles. The molecular formula is C27H24N8O2. The fourth-order valence-corrected chi connectivity index (χ4v) is 4.58. The van der Waals surface area contributed by atoms with Crippen molar-refractivity contribution in [3.63, 3.8) is 0 Å². The predicted octanol–water partition coefficient (Wildman–Crippen LogP) is 2.71. The minimum Gasteiger partial charge on any atom is -0.342 e. The van der Waals surface area contributed by atoms with Crippen molar-refractivity contribution in [3.8, 4) is 11.8 Å². The van der Waals surface area contributed by atoms with Crippen molar-refractivity contribution in [2.75, 3.05) is 0 Å². The first-order chi connectivity index (χ1) is 17.9. The van der Waals surface area contributed by atoms with Crippen LogP contribution in [0.3, 0.4) is 0 Å². The molecular weight excluding hydrogens is 468 g/mol. The van der Waals surface area contributed by atoms with Crippen LogP contribution in [0.2, 0.25) is 0 Å². The van der Waals surface area contributed by atoms with Gasteiger partial charge in [0.25, 0.3) is 11.5 Å². The minimum atomic E-state index is -0.520. The summed E-state index contributed by atoms with van der Waals surface area (Å²) in [6.07, 6.45) is 8.66. The van der Waals surface area contributed by atoms with Crippen molar-refractivity contribution in [1.29, 1.82) is 0 Å². The van der Waals surface area contributed by atoms with Gasteiger partial charge in [0, 0.05) is 37.2 Å². The molecule has 10 heteroatoms. The lowest BCUT2D eigenvalue weighted by Crippen LogP contribution is -2.34. The van der Waals surface area contributed by atoms with E-state index in [0.717, 1.165) is 18.4 Å². The predicted molar refractivity (Wildman–Crippen MR) is 137 cm³/mol. The molecule has 0 radical (unpaired) electrons. The van der Waals surface area contributed by atoms with E-state index in [1.165, 1.54) is 0 Å². The Labute approximate surface area is 212 Å². The van der Waals surface area contributed by atoms with Gasteiger partial charge in [-0.1, -0.05) is 17.9 Å². The molecule has 1 aromatic carbocycles. The van der Waals surface area contributed by atoms with E-state index in [1.807, 2.05) is 32.3 Å². The number of nitrogens with one attached hydrogen (secondary N) is 1. The molecule has 1 N–H and O–H groups in total. The molecule has 184 valence electrons. The van der Waals surface area contributed by atoms with Crippen LogP contribution in [-0.4, -0.2) is 39.8 Å². The highest BCUT2D eigenvalue weighted by Crippen LogP contribution is 2.36. The first-order valence-electron chi connectivity index (χ1n) is 12.1. The maximum Gasteiger partial charge on any atom is 0.262 e. The number of benzene rings is 1. The maximum absolute atomic E-state index is 13.8. The first-order valence-corrected chi connectivity index (χ1v) is 12.1. The van der Waals surface area contributed by atoms with Crippen molar-refractivity contribution in [1.82, 2.24) is 39.2 Å². The monoisotopic (exact) mass is 492 g/mol. The standard InChI is InChI=1S/C27H24N8O2/c1-16-22(25-28-12-5-13-34(25)32-16)26(36)30-17(2)24-31-21-7-4-6-19(9-8-18-14-29-33(3)15-18)23(21)27(37)35(24)20-10-11-20/h4-7,12-15,17,20H,10-11H2,1-3H3,(H,30,36)/t17-/m1/s1. The molecule has 0 bridgehead atoms. The number of aryl methyl sites for hydroxylation is 2. The second-order valence-electron chi connectivity index (χ2n) is 9.27. The van der Waals surface area contributed by atoms with E-state index < -0.39 is 6.04 Å². The van der Waals surface area contributed by atoms with Crippen LogP contribution < -0.4 is 10.9 Å². The zero-order valence-electron chi connectivity index (χ0n) is 20.6. The van der Waals surface area contributed by atoms with Gasteiger partial charge in [-0.2, -0.15) is 10.2 Å². The Morgan fingerprint density at radius 2 is 2.05 bits per heavy atom. The SMILES string of the molecule is Cc1nn2cccnc2c1C(=O)N[C@H](C)c1nc2cccc(C#Cc3cnn(C)c3)c2c(=O)n1C1CC1. The second-order valence-corrected chi connectivity index (χ2v) is 9.27. The molecule has 4 heterocycles. The van der Waals surface area contributed by atoms with E-state index in [0.29, 0.717) is 39.2 Å². The van der Waals surface area contributed by atoms with Crippen molar-refractivity contribution in [3.05, 3.63) is 87.6 Å². The lowest BCUT2D eigenvalue weighted by atomic mass is 10.1. The van der Waals surface area contributed by atoms with Gasteiger partial charge in [0.15, 0.2) is 5.65 Å². The van der Waals surface area contributed by atoms with Crippen molar-refractivity contribution >= 4 is 22.5 Å². The van der Waals surface area contributed by atoms with Gasteiger partial charge in [0.2, 0.25) is 0 Å². The zero-order valence-corrected chi connectivity index (χ0v) is 20.6. The van der Waals surface area contributed by atoms with Gasteiger partial charge in [0.05, 0.1) is 34.4 Å². The van der Waals surface area contributed by atoms with Crippen LogP contribution in [-0.2, 0) is 7.05 Å². The number of carbonyl (C=O) groups is 1. The van der Waals surface area contributed by atoms with E-state index in [-0.39, 0.29) is 17.5 Å². The highest BCUT2D eigenvalue weighted by molar-refractivity contribution is 6.01. The van der Waals surface area contributed by atoms with Crippen LogP contribution in [0.4, 0.5) is 0 Å². The van der Waals surface area contributed by atoms with Crippen LogP contribution in [0.25, 0.3) is 16.6 Å². The molecule has 0 unspecified atom stereocenters. The Balaban J connectivity index is 1.41. The van der Waals surface area contributed by atoms with Crippen LogP contribution >= 0.6 is 0 Å². The Kier molecular flexibility index (Phi) is 5.34. The molecule has 6 rings (SSSR count). The maximum atomic E-state index is 13.8. The smallest absolute Gasteiger partial charge is 0.262 e. The van der Waals surface area contributed by atoms with Gasteiger partial charge in [-0.3, -0.25) is 18.8 Å². The lowest BCUT2D eigenvalue weighted by molar-refractivity contribution is 0.0938. The van der Waals surface area contributed by atoms with E-state index in [4.69, 9.17) is 4.98 Å². The van der Waals surface area contributed by atoms with Crippen LogP contribution in [0.15, 0.2) is 53.8 Å². The quantitative estimate of drug-likeness (QED) is 0.386. The molecule has 1 fully saturated rings. The molecule has 10 nitrogen and oxygen atoms in total. The third-order valence-electron chi connectivity index (χ3n) is 6.45. The van der Waals surface area contributed by atoms with Crippen LogP contribution in [0.5, 0.6) is 0 Å². The van der Waals surface area contributed by atoms with Crippen molar-refractivity contribution in [2.45, 2.75) is 38.8 Å². The molecule has 1 aliphatic rings. The number of carbonyl (C=O) groups excluding carboxylic acids is 1. The van der Waals surface area contributed by atoms with Crippen molar-refractivity contribution < 1.29 is 4.79 Å². The number of rotatable bonds is 4. The van der Waals surface area contributed by atoms with Gasteiger partial charge < -0.3 is 5.32 Å². The minimum absolute atomic E-state index is 0.0541. The number of nitrogens with zero attached hydrogens (tertiary/aromatic N) is 7. The van der Waals surface area contributed by atoms with Gasteiger partial charge in [-0.25, -0.2) is 14.5 Å². The number of hydrogen-bond acceptors (Lipinski definition) is 6. The average Bonchev–Trinajstić information content (AvgIpc) is 3.53. The van der Waals surface area contributed by atoms with E-state index in [2.05, 4.69) is 32.3 Å². The molecule has 5 aromatic rings. The van der Waals surface area contributed by atoms with E-state index in [1.54, 1.807) is 51.4 Å². The Morgan fingerprint density at radius 1 is 1.22 bits per heavy atom. The summed E-state index contributed by atoms with van der Waals surface area (Å²) in [7, 11) is 1.83. The number of aromatic nitrogens is 7. The largest absolute Gasteiger partial charge is 0.342 e. The number of hydrogen-bond donors (Lipinski definition) is 1. The third-order valence-corrected chi connectivity index (χ3v) is 6.45. The van der Waals surface area contributed by atoms with Gasteiger partial charge in [-0.05, 0) is 44.9 Å². The van der Waals surface area contributed by atoms with Crippen molar-refractivity contribution in [2.24, 2.45) is 7.05 Å². The second kappa shape index (κ2) is 8.71. The molecule has 0 aliphatic heterocycles. The summed E-state index contributed by atoms with van der Waals surface area (Å²) in [4.78, 5) is 36.3. The Hall–Kier alpha value is -4.78. The molecule has 1 saturated carbocycles. The summed E-state index contributed by atoms with van der Waals surface area (Å²) in [6.45, 7) is 3.61. The summed E-state index contributed by atoms with van der Waals surface area (Å²) in [5, 5.41) is 12.0. The van der Waals surface area contributed by atoms with Crippen LogP contribution in [0, 0.1) is 18.8 Å². The third kappa shape index (κ3) is 4.04. The number of fused-ring (bicyclic) bond motifs is 2. The molecule has 1 aliphatic carbocycles. The molecule has 0 saturated heterocycles. The first kappa shape index (κ1) is 22.7. The fraction of sp³-hybridized carbons (Fsp3) is 0.259. The fourth-order valence-electron chi connectivity index (χ4n) is 4.58. The Morgan fingerprint density at radius 3 is 2.81 bits per heavy atom. The van der Waals surface area contributed by atoms with Gasteiger partial charge in [0.1, 0.15) is 11.4 Å². The van der Waals surface area contributed by atoms with E-state index in [9.17, 15) is 9.59 Å². The Bertz CT molecular complexity index is 1810. The van der Waals surface area contributed by atoms with Gasteiger partial charge >= 0.3 is 0 Å². The topological polar surface area (TPSA) is 112 Å². The highest BCUT2D eigenvalue weighted by Gasteiger charge is 2.31. The summed E-state index contributed by atoms with van der Waals surface area (Å²) in [5.41, 5.74) is 3.24. The van der Waals surface area contributed by atoms with Gasteiger partial charge in [-0.15, -0.1) is 0 Å². The molecule has 1 amide bonds. The summed E-state index contributed by atoms with van der Waals surface area (Å²) >= 11 is 0. The molecule has 0 spiro atoms. The summed E-state index contributed by atoms with van der Waals surface area (Å²) < 4.78 is 4.99. The summed E-state index contributed by atoms with van der Waals surface area (Å²) in [6, 6.07) is 6.77. The molecule has 1 atom stereocenters. The highest BCUT2D eigenvalue weighted by atomic mass is 16.2.